The van der Waals surface area contributed by atoms with E-state index in [1.165, 1.54) is 18.4 Å². The van der Waals surface area contributed by atoms with Gasteiger partial charge in [-0.15, -0.1) is 11.6 Å². The maximum absolute atomic E-state index is 6.58. The zero-order chi connectivity index (χ0) is 14.5. The van der Waals surface area contributed by atoms with Gasteiger partial charge in [0.15, 0.2) is 0 Å². The molecule has 1 atom stereocenters. The highest BCUT2D eigenvalue weighted by atomic mass is 35.5. The van der Waals surface area contributed by atoms with Crippen molar-refractivity contribution in [2.45, 2.75) is 38.5 Å². The van der Waals surface area contributed by atoms with Gasteiger partial charge in [0.05, 0.1) is 5.38 Å². The molecule has 20 heavy (non-hydrogen) atoms. The molecular weight excluding hydrogens is 287 g/mol. The van der Waals surface area contributed by atoms with Crippen molar-refractivity contribution in [3.8, 4) is 0 Å². The van der Waals surface area contributed by atoms with Gasteiger partial charge in [0.25, 0.3) is 0 Å². The molecule has 0 saturated heterocycles. The van der Waals surface area contributed by atoms with Crippen molar-refractivity contribution in [1.82, 2.24) is 0 Å². The third-order valence-electron chi connectivity index (χ3n) is 3.59. The Labute approximate surface area is 131 Å². The molecule has 0 amide bonds. The standard InChI is InChI=1S/C18H20Cl2/c1-3-4-7-14-9-11-15(12-10-14)18(20)16-8-5-6-13(2)17(16)19/h5-6,8-12,18H,3-4,7H2,1-2H3. The summed E-state index contributed by atoms with van der Waals surface area (Å²) in [5.41, 5.74) is 4.51. The molecule has 0 fully saturated rings. The van der Waals surface area contributed by atoms with Gasteiger partial charge in [-0.25, -0.2) is 0 Å². The molecule has 2 aromatic rings. The number of hydrogen-bond donors (Lipinski definition) is 0. The third-order valence-corrected chi connectivity index (χ3v) is 4.59. The third kappa shape index (κ3) is 3.56. The van der Waals surface area contributed by atoms with Crippen LogP contribution in [0.3, 0.4) is 0 Å². The Morgan fingerprint density at radius 3 is 2.40 bits per heavy atom. The summed E-state index contributed by atoms with van der Waals surface area (Å²) in [6.07, 6.45) is 3.58. The Hall–Kier alpha value is -0.980. The fraction of sp³-hybridized carbons (Fsp3) is 0.333. The summed E-state index contributed by atoms with van der Waals surface area (Å²) in [4.78, 5) is 0. The Morgan fingerprint density at radius 1 is 1.05 bits per heavy atom. The number of aryl methyl sites for hydroxylation is 2. The topological polar surface area (TPSA) is 0 Å². The predicted octanol–water partition coefficient (Wildman–Crippen LogP) is 6.32. The Balaban J connectivity index is 2.20. The largest absolute Gasteiger partial charge is 0.113 e. The average Bonchev–Trinajstić information content (AvgIpc) is 2.48. The van der Waals surface area contributed by atoms with Gasteiger partial charge >= 0.3 is 0 Å². The van der Waals surface area contributed by atoms with Crippen LogP contribution < -0.4 is 0 Å². The zero-order valence-electron chi connectivity index (χ0n) is 12.0. The van der Waals surface area contributed by atoms with Crippen molar-refractivity contribution in [3.05, 3.63) is 69.7 Å². The van der Waals surface area contributed by atoms with Crippen LogP contribution in [0, 0.1) is 6.92 Å². The van der Waals surface area contributed by atoms with Gasteiger partial charge in [-0.1, -0.05) is 67.4 Å². The molecule has 0 N–H and O–H groups in total. The number of unbranched alkanes of at least 4 members (excludes halogenated alkanes) is 1. The molecule has 2 heteroatoms. The summed E-state index contributed by atoms with van der Waals surface area (Å²) in [6, 6.07) is 14.6. The Bertz CT molecular complexity index is 558. The van der Waals surface area contributed by atoms with Gasteiger partial charge in [-0.2, -0.15) is 0 Å². The lowest BCUT2D eigenvalue weighted by molar-refractivity contribution is 0.794. The fourth-order valence-electron chi connectivity index (χ4n) is 2.28. The average molecular weight is 307 g/mol. The van der Waals surface area contributed by atoms with Crippen LogP contribution in [0.25, 0.3) is 0 Å². The molecule has 0 aliphatic carbocycles. The molecule has 0 radical (unpaired) electrons. The predicted molar refractivity (Wildman–Crippen MR) is 88.9 cm³/mol. The molecule has 0 aliphatic rings. The Kier molecular flexibility index (Phi) is 5.51. The first-order valence-electron chi connectivity index (χ1n) is 7.11. The van der Waals surface area contributed by atoms with Crippen molar-refractivity contribution in [3.63, 3.8) is 0 Å². The summed E-state index contributed by atoms with van der Waals surface area (Å²) >= 11 is 12.9. The molecule has 0 aliphatic heterocycles. The summed E-state index contributed by atoms with van der Waals surface area (Å²) in [5.74, 6) is 0. The number of benzene rings is 2. The minimum Gasteiger partial charge on any atom is -0.113 e. The van der Waals surface area contributed by atoms with Gasteiger partial charge in [0, 0.05) is 5.02 Å². The first-order chi connectivity index (χ1) is 9.63. The van der Waals surface area contributed by atoms with Crippen LogP contribution in [-0.2, 0) is 6.42 Å². The second-order valence-corrected chi connectivity index (χ2v) is 6.00. The van der Waals surface area contributed by atoms with Crippen molar-refractivity contribution in [1.29, 1.82) is 0 Å². The molecule has 0 nitrogen and oxygen atoms in total. The number of hydrogen-bond acceptors (Lipinski definition) is 0. The molecule has 0 spiro atoms. The van der Waals surface area contributed by atoms with Crippen LogP contribution in [0.1, 0.15) is 47.4 Å². The van der Waals surface area contributed by atoms with Crippen LogP contribution in [0.5, 0.6) is 0 Å². The fourth-order valence-corrected chi connectivity index (χ4v) is 2.90. The van der Waals surface area contributed by atoms with Gasteiger partial charge in [0.1, 0.15) is 0 Å². The van der Waals surface area contributed by atoms with Crippen LogP contribution >= 0.6 is 23.2 Å². The summed E-state index contributed by atoms with van der Waals surface area (Å²) < 4.78 is 0. The number of alkyl halides is 1. The van der Waals surface area contributed by atoms with E-state index in [0.717, 1.165) is 28.1 Å². The van der Waals surface area contributed by atoms with Gasteiger partial charge < -0.3 is 0 Å². The van der Waals surface area contributed by atoms with Crippen molar-refractivity contribution in [2.75, 3.05) is 0 Å². The summed E-state index contributed by atoms with van der Waals surface area (Å²) in [5, 5.41) is 0.574. The van der Waals surface area contributed by atoms with E-state index in [2.05, 4.69) is 31.2 Å². The lowest BCUT2D eigenvalue weighted by atomic mass is 10.00. The van der Waals surface area contributed by atoms with Crippen LogP contribution in [0.2, 0.25) is 5.02 Å². The zero-order valence-corrected chi connectivity index (χ0v) is 13.5. The summed E-state index contributed by atoms with van der Waals surface area (Å²) in [6.45, 7) is 4.21. The highest BCUT2D eigenvalue weighted by Crippen LogP contribution is 2.35. The van der Waals surface area contributed by atoms with Crippen molar-refractivity contribution >= 4 is 23.2 Å². The normalized spacial score (nSPS) is 12.4. The Morgan fingerprint density at radius 2 is 1.75 bits per heavy atom. The smallest absolute Gasteiger partial charge is 0.0849 e. The van der Waals surface area contributed by atoms with Gasteiger partial charge in [-0.05, 0) is 42.0 Å². The first-order valence-corrected chi connectivity index (χ1v) is 7.92. The van der Waals surface area contributed by atoms with Crippen molar-refractivity contribution < 1.29 is 0 Å². The van der Waals surface area contributed by atoms with Gasteiger partial charge in [0.2, 0.25) is 0 Å². The molecule has 2 aromatic carbocycles. The summed E-state index contributed by atoms with van der Waals surface area (Å²) in [7, 11) is 0. The maximum atomic E-state index is 6.58. The molecule has 0 bridgehead atoms. The minimum absolute atomic E-state index is 0.192. The highest BCUT2D eigenvalue weighted by Gasteiger charge is 2.15. The lowest BCUT2D eigenvalue weighted by Crippen LogP contribution is -1.96. The monoisotopic (exact) mass is 306 g/mol. The van der Waals surface area contributed by atoms with E-state index in [0.29, 0.717) is 0 Å². The first kappa shape index (κ1) is 15.4. The van der Waals surface area contributed by atoms with Crippen LogP contribution in [0.15, 0.2) is 42.5 Å². The second-order valence-electron chi connectivity index (χ2n) is 5.19. The van der Waals surface area contributed by atoms with E-state index in [9.17, 15) is 0 Å². The van der Waals surface area contributed by atoms with E-state index in [1.807, 2.05) is 25.1 Å². The SMILES string of the molecule is CCCCc1ccc(C(Cl)c2cccc(C)c2Cl)cc1. The molecule has 0 saturated carbocycles. The number of rotatable bonds is 5. The number of halogens is 2. The highest BCUT2D eigenvalue weighted by molar-refractivity contribution is 6.33. The van der Waals surface area contributed by atoms with E-state index in [4.69, 9.17) is 23.2 Å². The van der Waals surface area contributed by atoms with E-state index in [1.54, 1.807) is 0 Å². The van der Waals surface area contributed by atoms with E-state index >= 15 is 0 Å². The second kappa shape index (κ2) is 7.15. The quantitative estimate of drug-likeness (QED) is 0.567. The van der Waals surface area contributed by atoms with E-state index < -0.39 is 0 Å². The molecular formula is C18H20Cl2. The molecule has 1 unspecified atom stereocenters. The molecule has 106 valence electrons. The molecule has 0 aromatic heterocycles. The van der Waals surface area contributed by atoms with Crippen LogP contribution in [-0.4, -0.2) is 0 Å². The maximum Gasteiger partial charge on any atom is 0.0849 e. The lowest BCUT2D eigenvalue weighted by Gasteiger charge is -2.14. The van der Waals surface area contributed by atoms with E-state index in [-0.39, 0.29) is 5.38 Å². The molecule has 2 rings (SSSR count). The van der Waals surface area contributed by atoms with Gasteiger partial charge in [-0.3, -0.25) is 0 Å². The van der Waals surface area contributed by atoms with Crippen molar-refractivity contribution in [2.24, 2.45) is 0 Å². The van der Waals surface area contributed by atoms with Crippen LogP contribution in [0.4, 0.5) is 0 Å². The minimum atomic E-state index is -0.192. The molecule has 0 heterocycles.